The number of ether oxygens (including phenoxy) is 1. The fraction of sp³-hybridized carbons (Fsp3) is 0.500. The molecule has 2 N–H and O–H groups in total. The smallest absolute Gasteiger partial charge is 0.450 e. The molecule has 0 aromatic carbocycles. The van der Waals surface area contributed by atoms with Crippen LogP contribution in [-0.4, -0.2) is 35.6 Å². The van der Waals surface area contributed by atoms with Crippen LogP contribution < -0.4 is 0 Å². The van der Waals surface area contributed by atoms with Crippen LogP contribution in [0.2, 0.25) is 0 Å². The molecule has 5 nitrogen and oxygen atoms in total. The fourth-order valence-corrected chi connectivity index (χ4v) is 0.112. The summed E-state index contributed by atoms with van der Waals surface area (Å²) in [6.45, 7) is -0.364. The molecule has 0 aromatic rings. The van der Waals surface area contributed by atoms with Crippen LogP contribution in [0.5, 0.6) is 0 Å². The Labute approximate surface area is 64.4 Å². The van der Waals surface area contributed by atoms with Crippen molar-refractivity contribution in [3.8, 4) is 0 Å². The lowest BCUT2D eigenvalue weighted by Crippen LogP contribution is -2.14. The fourth-order valence-electron chi connectivity index (χ4n) is 0.112. The summed E-state index contributed by atoms with van der Waals surface area (Å²) >= 11 is 0. The molecule has 0 amide bonds. The maximum atomic E-state index is 11.3. The molecule has 1 unspecified atom stereocenters. The van der Waals surface area contributed by atoms with E-state index in [4.69, 9.17) is 19.8 Å². The summed E-state index contributed by atoms with van der Waals surface area (Å²) in [7, 11) is 0. The van der Waals surface area contributed by atoms with Crippen molar-refractivity contribution in [3.63, 3.8) is 0 Å². The van der Waals surface area contributed by atoms with Gasteiger partial charge in [-0.3, -0.25) is 4.79 Å². The van der Waals surface area contributed by atoms with Crippen molar-refractivity contribution >= 4 is 12.6 Å². The van der Waals surface area contributed by atoms with Crippen molar-refractivity contribution in [2.45, 2.75) is 12.8 Å². The SMILES string of the molecule is O=C(O)O.O=COC(F)C(F)F. The van der Waals surface area contributed by atoms with Gasteiger partial charge in [-0.2, -0.15) is 4.39 Å². The number of carbonyl (C=O) groups excluding carboxylic acids is 1. The highest BCUT2D eigenvalue weighted by atomic mass is 19.3. The molecule has 72 valence electrons. The highest BCUT2D eigenvalue weighted by Gasteiger charge is 2.18. The van der Waals surface area contributed by atoms with E-state index in [9.17, 15) is 13.2 Å². The van der Waals surface area contributed by atoms with E-state index in [2.05, 4.69) is 4.74 Å². The molecule has 0 heterocycles. The first-order valence-corrected chi connectivity index (χ1v) is 2.35. The van der Waals surface area contributed by atoms with Crippen molar-refractivity contribution in [2.75, 3.05) is 0 Å². The number of carbonyl (C=O) groups is 2. The predicted molar refractivity (Wildman–Crippen MR) is 28.7 cm³/mol. The van der Waals surface area contributed by atoms with Crippen LogP contribution in [0.1, 0.15) is 0 Å². The van der Waals surface area contributed by atoms with Gasteiger partial charge in [0.1, 0.15) is 0 Å². The Bertz CT molecular complexity index is 135. The third-order valence-electron chi connectivity index (χ3n) is 0.384. The number of hydrogen-bond donors (Lipinski definition) is 2. The summed E-state index contributed by atoms with van der Waals surface area (Å²) in [6, 6.07) is 0. The molecule has 8 heteroatoms. The highest BCUT2D eigenvalue weighted by molar-refractivity contribution is 5.53. The summed E-state index contributed by atoms with van der Waals surface area (Å²) in [4.78, 5) is 17.7. The van der Waals surface area contributed by atoms with E-state index in [1.807, 2.05) is 0 Å². The predicted octanol–water partition coefficient (Wildman–Crippen LogP) is 0.943. The van der Waals surface area contributed by atoms with E-state index < -0.39 is 18.9 Å². The molecule has 0 spiro atoms. The van der Waals surface area contributed by atoms with Gasteiger partial charge in [-0.05, 0) is 0 Å². The monoisotopic (exact) mass is 190 g/mol. The Morgan fingerprint density at radius 3 is 1.75 bits per heavy atom. The van der Waals surface area contributed by atoms with Crippen LogP contribution in [0.3, 0.4) is 0 Å². The van der Waals surface area contributed by atoms with Crippen molar-refractivity contribution in [3.05, 3.63) is 0 Å². The lowest BCUT2D eigenvalue weighted by molar-refractivity contribution is -0.158. The normalized spacial score (nSPS) is 11.0. The first-order chi connectivity index (χ1) is 5.41. The molecule has 0 saturated heterocycles. The number of alkyl halides is 3. The average molecular weight is 190 g/mol. The zero-order chi connectivity index (χ0) is 10.1. The second-order valence-corrected chi connectivity index (χ2v) is 1.20. The van der Waals surface area contributed by atoms with Gasteiger partial charge < -0.3 is 14.9 Å². The standard InChI is InChI=1S/C3H3F3O2.CH2O3/c4-2(5)3(6)8-1-7;2-1(3)4/h1-3H;(H2,2,3,4). The topological polar surface area (TPSA) is 83.8 Å². The third-order valence-corrected chi connectivity index (χ3v) is 0.384. The number of halogens is 3. The number of hydrogen-bond acceptors (Lipinski definition) is 3. The summed E-state index contributed by atoms with van der Waals surface area (Å²) in [5.74, 6) is 0. The van der Waals surface area contributed by atoms with Crippen molar-refractivity contribution in [1.82, 2.24) is 0 Å². The zero-order valence-electron chi connectivity index (χ0n) is 5.49. The largest absolute Gasteiger partial charge is 0.503 e. The molecular weight excluding hydrogens is 185 g/mol. The van der Waals surface area contributed by atoms with Gasteiger partial charge in [0.2, 0.25) is 0 Å². The molecule has 0 aliphatic rings. The van der Waals surface area contributed by atoms with Gasteiger partial charge in [0, 0.05) is 0 Å². The minimum absolute atomic E-state index is 0.364. The maximum absolute atomic E-state index is 11.3. The molecule has 12 heavy (non-hydrogen) atoms. The van der Waals surface area contributed by atoms with Crippen LogP contribution in [0, 0.1) is 0 Å². The van der Waals surface area contributed by atoms with Crippen molar-refractivity contribution in [2.24, 2.45) is 0 Å². The Balaban J connectivity index is 0. The van der Waals surface area contributed by atoms with Crippen LogP contribution in [0.4, 0.5) is 18.0 Å². The molecule has 0 fully saturated rings. The van der Waals surface area contributed by atoms with Crippen LogP contribution in [-0.2, 0) is 9.53 Å². The Kier molecular flexibility index (Phi) is 8.36. The van der Waals surface area contributed by atoms with Crippen LogP contribution in [0.15, 0.2) is 0 Å². The molecule has 0 bridgehead atoms. The number of rotatable bonds is 3. The second-order valence-electron chi connectivity index (χ2n) is 1.20. The lowest BCUT2D eigenvalue weighted by atomic mass is 10.7. The van der Waals surface area contributed by atoms with Gasteiger partial charge in [0.25, 0.3) is 6.47 Å². The lowest BCUT2D eigenvalue weighted by Gasteiger charge is -2.01. The first kappa shape index (κ1) is 13.1. The second kappa shape index (κ2) is 7.63. The maximum Gasteiger partial charge on any atom is 0.503 e. The Hall–Kier alpha value is -1.47. The van der Waals surface area contributed by atoms with Gasteiger partial charge in [-0.25, -0.2) is 13.6 Å². The van der Waals surface area contributed by atoms with E-state index in [0.29, 0.717) is 0 Å². The van der Waals surface area contributed by atoms with Crippen molar-refractivity contribution < 1.29 is 37.7 Å². The van der Waals surface area contributed by atoms with Gasteiger partial charge in [0.15, 0.2) is 0 Å². The molecule has 0 aliphatic heterocycles. The van der Waals surface area contributed by atoms with E-state index in [0.717, 1.165) is 0 Å². The van der Waals surface area contributed by atoms with E-state index >= 15 is 0 Å². The van der Waals surface area contributed by atoms with Gasteiger partial charge >= 0.3 is 18.9 Å². The quantitative estimate of drug-likeness (QED) is 0.647. The molecule has 0 radical (unpaired) electrons. The van der Waals surface area contributed by atoms with Crippen LogP contribution in [0.25, 0.3) is 0 Å². The summed E-state index contributed by atoms with van der Waals surface area (Å²) in [6.07, 6.45) is -7.87. The Morgan fingerprint density at radius 2 is 1.67 bits per heavy atom. The van der Waals surface area contributed by atoms with Crippen molar-refractivity contribution in [1.29, 1.82) is 0 Å². The minimum Gasteiger partial charge on any atom is -0.450 e. The number of carboxylic acid groups (broad SMARTS) is 2. The summed E-state index contributed by atoms with van der Waals surface area (Å²) in [5, 5.41) is 13.9. The van der Waals surface area contributed by atoms with E-state index in [1.54, 1.807) is 0 Å². The molecule has 0 aliphatic carbocycles. The summed E-state index contributed by atoms with van der Waals surface area (Å²) < 4.78 is 36.4. The minimum atomic E-state index is -3.25. The molecule has 0 rings (SSSR count). The molecule has 1 atom stereocenters. The van der Waals surface area contributed by atoms with Crippen LogP contribution >= 0.6 is 0 Å². The van der Waals surface area contributed by atoms with Gasteiger partial charge in [-0.15, -0.1) is 0 Å². The molecule has 0 saturated carbocycles. The first-order valence-electron chi connectivity index (χ1n) is 2.35. The average Bonchev–Trinajstić information content (AvgIpc) is 1.86. The van der Waals surface area contributed by atoms with E-state index in [1.165, 1.54) is 0 Å². The van der Waals surface area contributed by atoms with Gasteiger partial charge in [-0.1, -0.05) is 0 Å². The zero-order valence-corrected chi connectivity index (χ0v) is 5.49. The van der Waals surface area contributed by atoms with E-state index in [-0.39, 0.29) is 6.47 Å². The molecular formula is C4H5F3O5. The third kappa shape index (κ3) is 15.8. The van der Waals surface area contributed by atoms with Gasteiger partial charge in [0.05, 0.1) is 0 Å². The Morgan fingerprint density at radius 1 is 1.33 bits per heavy atom. The highest BCUT2D eigenvalue weighted by Crippen LogP contribution is 2.04. The summed E-state index contributed by atoms with van der Waals surface area (Å²) in [5.41, 5.74) is 0. The molecule has 0 aromatic heterocycles.